The summed E-state index contributed by atoms with van der Waals surface area (Å²) in [4.78, 5) is 15.0. The minimum absolute atomic E-state index is 0.149. The number of benzene rings is 1. The summed E-state index contributed by atoms with van der Waals surface area (Å²) in [7, 11) is 0. The molecule has 2 heterocycles. The molecule has 5 nitrogen and oxygen atoms in total. The summed E-state index contributed by atoms with van der Waals surface area (Å²) >= 11 is 0. The lowest BCUT2D eigenvalue weighted by atomic mass is 9.92. The van der Waals surface area contributed by atoms with Crippen molar-refractivity contribution in [3.8, 4) is 5.75 Å². The van der Waals surface area contributed by atoms with E-state index in [1.54, 1.807) is 0 Å². The maximum atomic E-state index is 11.8. The molecule has 0 amide bonds. The average molecular weight is 329 g/mol. The fourth-order valence-electron chi connectivity index (χ4n) is 2.80. The molecule has 1 unspecified atom stereocenters. The number of para-hydroxylation sites is 1. The number of nitrogens with one attached hydrogen (secondary N) is 1. The lowest BCUT2D eigenvalue weighted by Crippen LogP contribution is -2.09. The highest BCUT2D eigenvalue weighted by Gasteiger charge is 2.24. The number of fused-ring (bicyclic) bond motifs is 1. The largest absolute Gasteiger partial charge is 0.502 e. The number of rotatable bonds is 4. The van der Waals surface area contributed by atoms with Crippen LogP contribution in [0.5, 0.6) is 5.75 Å². The molecular formula is C19H23NO4. The standard InChI is InChI=1S/C17H17NO4.C2H6/c1-2-11(13-8-18-14-6-4-3-5-12(13)14)17-16(21)15(20)7-10(9-19)22-17;1-2/h3-8,11,18-19,21H,2,9H2,1H3;1-2H3. The fraction of sp³-hybridized carbons (Fsp3) is 0.316. The van der Waals surface area contributed by atoms with E-state index in [2.05, 4.69) is 4.98 Å². The van der Waals surface area contributed by atoms with Crippen molar-refractivity contribution < 1.29 is 14.6 Å². The molecular weight excluding hydrogens is 306 g/mol. The van der Waals surface area contributed by atoms with Gasteiger partial charge in [-0.1, -0.05) is 39.0 Å². The van der Waals surface area contributed by atoms with E-state index >= 15 is 0 Å². The Morgan fingerprint density at radius 1 is 1.25 bits per heavy atom. The van der Waals surface area contributed by atoms with Crippen LogP contribution in [-0.4, -0.2) is 15.2 Å². The number of hydrogen-bond donors (Lipinski definition) is 3. The summed E-state index contributed by atoms with van der Waals surface area (Å²) in [6.07, 6.45) is 2.51. The van der Waals surface area contributed by atoms with Crippen molar-refractivity contribution in [1.29, 1.82) is 0 Å². The quantitative estimate of drug-likeness (QED) is 0.678. The zero-order valence-corrected chi connectivity index (χ0v) is 14.2. The Bertz CT molecular complexity index is 863. The van der Waals surface area contributed by atoms with Crippen molar-refractivity contribution in [3.05, 3.63) is 63.8 Å². The molecule has 0 aliphatic heterocycles. The second kappa shape index (κ2) is 7.84. The van der Waals surface area contributed by atoms with E-state index in [1.165, 1.54) is 0 Å². The lowest BCUT2D eigenvalue weighted by Gasteiger charge is -2.15. The first-order valence-corrected chi connectivity index (χ1v) is 8.18. The molecule has 3 N–H and O–H groups in total. The summed E-state index contributed by atoms with van der Waals surface area (Å²) in [5, 5.41) is 20.3. The van der Waals surface area contributed by atoms with Crippen molar-refractivity contribution in [1.82, 2.24) is 4.98 Å². The molecule has 3 aromatic rings. The van der Waals surface area contributed by atoms with Crippen LogP contribution in [0.25, 0.3) is 10.9 Å². The number of aliphatic hydroxyl groups excluding tert-OH is 1. The highest BCUT2D eigenvalue weighted by atomic mass is 16.4. The van der Waals surface area contributed by atoms with Gasteiger partial charge < -0.3 is 19.6 Å². The van der Waals surface area contributed by atoms with Crippen LogP contribution in [0.1, 0.15) is 50.2 Å². The van der Waals surface area contributed by atoms with E-state index in [0.717, 1.165) is 22.5 Å². The average Bonchev–Trinajstić information content (AvgIpc) is 3.05. The van der Waals surface area contributed by atoms with E-state index in [0.29, 0.717) is 6.42 Å². The number of aromatic nitrogens is 1. The molecule has 0 bridgehead atoms. The maximum Gasteiger partial charge on any atom is 0.227 e. The van der Waals surface area contributed by atoms with Crippen LogP contribution in [0.3, 0.4) is 0 Å². The van der Waals surface area contributed by atoms with E-state index < -0.39 is 11.2 Å². The van der Waals surface area contributed by atoms with Crippen LogP contribution in [0.15, 0.2) is 45.7 Å². The summed E-state index contributed by atoms with van der Waals surface area (Å²) in [5.74, 6) is -0.315. The van der Waals surface area contributed by atoms with Gasteiger partial charge in [-0.2, -0.15) is 0 Å². The van der Waals surface area contributed by atoms with Crippen molar-refractivity contribution in [2.24, 2.45) is 0 Å². The maximum absolute atomic E-state index is 11.8. The summed E-state index contributed by atoms with van der Waals surface area (Å²) in [5.41, 5.74) is 1.39. The Hall–Kier alpha value is -2.53. The number of aromatic hydroxyl groups is 1. The number of aromatic amines is 1. The molecule has 0 saturated heterocycles. The summed E-state index contributed by atoms with van der Waals surface area (Å²) in [6, 6.07) is 8.93. The molecule has 0 aliphatic carbocycles. The summed E-state index contributed by atoms with van der Waals surface area (Å²) < 4.78 is 5.55. The normalized spacial score (nSPS) is 11.8. The molecule has 0 aliphatic rings. The molecule has 128 valence electrons. The molecule has 5 heteroatoms. The molecule has 0 spiro atoms. The van der Waals surface area contributed by atoms with Gasteiger partial charge in [-0.25, -0.2) is 0 Å². The Labute approximate surface area is 140 Å². The van der Waals surface area contributed by atoms with Gasteiger partial charge in [-0.3, -0.25) is 4.79 Å². The summed E-state index contributed by atoms with van der Waals surface area (Å²) in [6.45, 7) is 5.57. The number of H-pyrrole nitrogens is 1. The third-order valence-electron chi connectivity index (χ3n) is 3.88. The molecule has 0 radical (unpaired) electrons. The topological polar surface area (TPSA) is 86.5 Å². The molecule has 1 aromatic carbocycles. The van der Waals surface area contributed by atoms with Gasteiger partial charge in [-0.05, 0) is 18.1 Å². The molecule has 0 saturated carbocycles. The van der Waals surface area contributed by atoms with E-state index in [-0.39, 0.29) is 24.0 Å². The minimum Gasteiger partial charge on any atom is -0.502 e. The monoisotopic (exact) mass is 329 g/mol. The zero-order valence-electron chi connectivity index (χ0n) is 14.2. The van der Waals surface area contributed by atoms with Crippen molar-refractivity contribution >= 4 is 10.9 Å². The Morgan fingerprint density at radius 2 is 1.96 bits per heavy atom. The van der Waals surface area contributed by atoms with Gasteiger partial charge in [0, 0.05) is 29.1 Å². The Balaban J connectivity index is 0.00000100. The predicted octanol–water partition coefficient (Wildman–Crippen LogP) is 3.89. The molecule has 24 heavy (non-hydrogen) atoms. The molecule has 2 aromatic heterocycles. The Morgan fingerprint density at radius 3 is 2.62 bits per heavy atom. The number of hydrogen-bond acceptors (Lipinski definition) is 4. The third-order valence-corrected chi connectivity index (χ3v) is 3.88. The SMILES string of the molecule is CC.CCC(c1oc(CO)cc(=O)c1O)c1c[nH]c2ccccc12. The number of aliphatic hydroxyl groups is 1. The highest BCUT2D eigenvalue weighted by molar-refractivity contribution is 5.84. The Kier molecular flexibility index (Phi) is 5.82. The van der Waals surface area contributed by atoms with Gasteiger partial charge >= 0.3 is 0 Å². The smallest absolute Gasteiger partial charge is 0.227 e. The highest BCUT2D eigenvalue weighted by Crippen LogP contribution is 2.36. The lowest BCUT2D eigenvalue weighted by molar-refractivity contribution is 0.233. The van der Waals surface area contributed by atoms with E-state index in [9.17, 15) is 15.0 Å². The van der Waals surface area contributed by atoms with Gasteiger partial charge in [-0.15, -0.1) is 0 Å². The molecule has 0 fully saturated rings. The fourth-order valence-corrected chi connectivity index (χ4v) is 2.80. The minimum atomic E-state index is -0.538. The predicted molar refractivity (Wildman–Crippen MR) is 94.3 cm³/mol. The first-order valence-electron chi connectivity index (χ1n) is 8.18. The van der Waals surface area contributed by atoms with Crippen molar-refractivity contribution in [2.75, 3.05) is 0 Å². The zero-order chi connectivity index (χ0) is 17.7. The van der Waals surface area contributed by atoms with Gasteiger partial charge in [0.1, 0.15) is 12.4 Å². The van der Waals surface area contributed by atoms with Crippen LogP contribution in [0.2, 0.25) is 0 Å². The van der Waals surface area contributed by atoms with Crippen LogP contribution >= 0.6 is 0 Å². The van der Waals surface area contributed by atoms with E-state index in [1.807, 2.05) is 51.2 Å². The van der Waals surface area contributed by atoms with Gasteiger partial charge in [0.15, 0.2) is 5.76 Å². The van der Waals surface area contributed by atoms with Crippen LogP contribution in [-0.2, 0) is 6.61 Å². The van der Waals surface area contributed by atoms with E-state index in [4.69, 9.17) is 4.42 Å². The van der Waals surface area contributed by atoms with Crippen molar-refractivity contribution in [3.63, 3.8) is 0 Å². The first kappa shape index (κ1) is 17.8. The second-order valence-electron chi connectivity index (χ2n) is 5.20. The third kappa shape index (κ3) is 3.21. The van der Waals surface area contributed by atoms with Gasteiger partial charge in [0.05, 0.1) is 0 Å². The van der Waals surface area contributed by atoms with Crippen LogP contribution < -0.4 is 5.43 Å². The van der Waals surface area contributed by atoms with Crippen molar-refractivity contribution in [2.45, 2.75) is 39.7 Å². The molecule has 3 rings (SSSR count). The second-order valence-corrected chi connectivity index (χ2v) is 5.20. The van der Waals surface area contributed by atoms with Crippen LogP contribution in [0, 0.1) is 0 Å². The molecule has 1 atom stereocenters. The van der Waals surface area contributed by atoms with Crippen LogP contribution in [0.4, 0.5) is 0 Å². The first-order chi connectivity index (χ1) is 11.7. The van der Waals surface area contributed by atoms with Gasteiger partial charge in [0.2, 0.25) is 11.2 Å². The van der Waals surface area contributed by atoms with Gasteiger partial charge in [0.25, 0.3) is 0 Å².